The number of allylic oxidation sites excluding steroid dienone is 4. The number of fused-ring (bicyclic) bond motifs is 9. The van der Waals surface area contributed by atoms with Crippen LogP contribution in [0.1, 0.15) is 149 Å². The van der Waals surface area contributed by atoms with Crippen LogP contribution in [0.2, 0.25) is 0 Å². The molecule has 0 spiro atoms. The smallest absolute Gasteiger partial charge is 0.481 e. The Bertz CT molecular complexity index is 2250. The van der Waals surface area contributed by atoms with E-state index in [1.165, 1.54) is 22.3 Å². The van der Waals surface area contributed by atoms with E-state index in [9.17, 15) is 29.7 Å². The van der Waals surface area contributed by atoms with E-state index < -0.39 is 29.2 Å². The van der Waals surface area contributed by atoms with Crippen LogP contribution in [-0.4, -0.2) is 90.5 Å². The molecule has 8 aliphatic rings. The molecule has 0 heterocycles. The van der Waals surface area contributed by atoms with E-state index in [0.717, 1.165) is 82.9 Å². The molecule has 0 radical (unpaired) electrons. The van der Waals surface area contributed by atoms with Crippen molar-refractivity contribution >= 4 is 23.6 Å². The maximum atomic E-state index is 13.2. The van der Waals surface area contributed by atoms with E-state index in [1.54, 1.807) is 0 Å². The molecule has 3 unspecified atom stereocenters. The molecule has 0 aromatic heterocycles. The van der Waals surface area contributed by atoms with Crippen LogP contribution in [0, 0.1) is 81.3 Å². The number of aliphatic carboxylic acids is 1. The molecule has 1 aromatic rings. The van der Waals surface area contributed by atoms with Crippen LogP contribution >= 0.6 is 0 Å². The number of anilines is 1. The molecule has 0 amide bonds. The van der Waals surface area contributed by atoms with Gasteiger partial charge in [0.15, 0.2) is 5.78 Å². The fourth-order valence-corrected chi connectivity index (χ4v) is 17.4. The highest BCUT2D eigenvalue weighted by Gasteiger charge is 2.68. The van der Waals surface area contributed by atoms with Gasteiger partial charge in [0.2, 0.25) is 0 Å². The third-order valence-corrected chi connectivity index (χ3v) is 21.0. The monoisotopic (exact) mass is 951 g/mol. The second kappa shape index (κ2) is 19.4. The van der Waals surface area contributed by atoms with Gasteiger partial charge in [-0.1, -0.05) is 58.2 Å². The van der Waals surface area contributed by atoms with Crippen molar-refractivity contribution < 1.29 is 43.9 Å². The summed E-state index contributed by atoms with van der Waals surface area (Å²) in [5.41, 5.74) is 10.4. The first-order valence-electron chi connectivity index (χ1n) is 26.9. The number of aliphatic hydroxyl groups excluding tert-OH is 1. The van der Waals surface area contributed by atoms with Gasteiger partial charge in [-0.05, 0) is 183 Å². The Hall–Kier alpha value is -3.69. The molecule has 0 bridgehead atoms. The molecular formula is C58H82N2O9. The number of carboxylic acid groups (broad SMARTS) is 1. The first kappa shape index (κ1) is 50.3. The Balaban J connectivity index is 0.878. The maximum Gasteiger partial charge on any atom is 0.508 e. The number of nitrogens with zero attached hydrogens (tertiary/aromatic N) is 1. The zero-order valence-corrected chi connectivity index (χ0v) is 42.6. The largest absolute Gasteiger partial charge is 0.508 e. The topological polar surface area (TPSA) is 169 Å². The van der Waals surface area contributed by atoms with Crippen LogP contribution in [0.5, 0.6) is 0 Å². The van der Waals surface area contributed by atoms with Gasteiger partial charge in [-0.3, -0.25) is 9.59 Å². The molecule has 11 heteroatoms. The molecule has 378 valence electrons. The van der Waals surface area contributed by atoms with Crippen molar-refractivity contribution in [3.63, 3.8) is 0 Å². The fourth-order valence-electron chi connectivity index (χ4n) is 17.4. The Morgan fingerprint density at radius 3 is 2.46 bits per heavy atom. The van der Waals surface area contributed by atoms with E-state index in [2.05, 4.69) is 82.7 Å². The Morgan fingerprint density at radius 1 is 0.971 bits per heavy atom. The van der Waals surface area contributed by atoms with Gasteiger partial charge in [-0.15, -0.1) is 5.92 Å². The first-order valence-corrected chi connectivity index (χ1v) is 26.9. The average Bonchev–Trinajstić information content (AvgIpc) is 3.78. The predicted molar refractivity (Wildman–Crippen MR) is 266 cm³/mol. The fraction of sp³-hybridized carbons (Fsp3) is 0.741. The summed E-state index contributed by atoms with van der Waals surface area (Å²) in [4.78, 5) is 39.6. The van der Waals surface area contributed by atoms with Crippen molar-refractivity contribution in [2.24, 2.45) is 75.2 Å². The van der Waals surface area contributed by atoms with Crippen molar-refractivity contribution in [1.82, 2.24) is 0 Å². The summed E-state index contributed by atoms with van der Waals surface area (Å²) in [7, 11) is 2.12. The number of ketones is 1. The van der Waals surface area contributed by atoms with Gasteiger partial charge in [-0.2, -0.15) is 0 Å². The number of carboxylic acids is 1. The van der Waals surface area contributed by atoms with E-state index in [-0.39, 0.29) is 95.7 Å². The molecular weight excluding hydrogens is 869 g/mol. The minimum absolute atomic E-state index is 0.0468. The zero-order valence-electron chi connectivity index (χ0n) is 42.6. The molecule has 1 aromatic carbocycles. The first-order chi connectivity index (χ1) is 32.9. The highest BCUT2D eigenvalue weighted by molar-refractivity contribution is 5.93. The average molecular weight is 951 g/mol. The van der Waals surface area contributed by atoms with Crippen LogP contribution in [0.4, 0.5) is 10.5 Å². The lowest BCUT2D eigenvalue weighted by atomic mass is 9.43. The molecule has 6 saturated carbocycles. The lowest BCUT2D eigenvalue weighted by Crippen LogP contribution is -2.63. The SMILES string of the molecule is CC#C[C@]1(O)C(C)CC2C3CCC4=CC(=O)CCC4=C3[C@@H](c3ccc(N(C)CCO[C@H]4CC[C@@]5(C)[C@@H](C4)C[C@@H](OC(=O)OCCN)[C@@H]4[C@@H]5C[C@H](O)[C@]5(C)[C@@H]([C@H](C)CCC(=O)O)CC[C@@H]45)cc3)C[C@@]21C. The van der Waals surface area contributed by atoms with Crippen LogP contribution in [0.15, 0.2) is 47.1 Å². The Morgan fingerprint density at radius 2 is 1.74 bits per heavy atom. The zero-order chi connectivity index (χ0) is 49.2. The molecule has 6 fully saturated rings. The number of benzene rings is 1. The second-order valence-corrected chi connectivity index (χ2v) is 24.0. The van der Waals surface area contributed by atoms with Crippen LogP contribution in [0.25, 0.3) is 0 Å². The summed E-state index contributed by atoms with van der Waals surface area (Å²) in [5.74, 6) is 7.84. The third-order valence-electron chi connectivity index (χ3n) is 21.0. The summed E-state index contributed by atoms with van der Waals surface area (Å²) >= 11 is 0. The number of carbonyl (C=O) groups excluding carboxylic acids is 2. The Labute approximate surface area is 411 Å². The van der Waals surface area contributed by atoms with Gasteiger partial charge in [-0.25, -0.2) is 4.79 Å². The number of rotatable bonds is 13. The van der Waals surface area contributed by atoms with E-state index in [4.69, 9.17) is 19.9 Å². The van der Waals surface area contributed by atoms with Crippen molar-refractivity contribution in [3.05, 3.63) is 52.6 Å². The number of ether oxygens (including phenoxy) is 3. The lowest BCUT2D eigenvalue weighted by Gasteiger charge is -2.64. The molecule has 17 atom stereocenters. The second-order valence-electron chi connectivity index (χ2n) is 24.0. The van der Waals surface area contributed by atoms with Gasteiger partial charge in [0.25, 0.3) is 0 Å². The number of hydrogen-bond donors (Lipinski definition) is 4. The number of likely N-dealkylation sites (N-methyl/N-ethyl adjacent to an activating group) is 1. The molecule has 11 nitrogen and oxygen atoms in total. The predicted octanol–water partition coefficient (Wildman–Crippen LogP) is 9.63. The van der Waals surface area contributed by atoms with Crippen molar-refractivity contribution in [3.8, 4) is 11.8 Å². The van der Waals surface area contributed by atoms with E-state index >= 15 is 0 Å². The van der Waals surface area contributed by atoms with Gasteiger partial charge >= 0.3 is 12.1 Å². The highest BCUT2D eigenvalue weighted by atomic mass is 16.7. The summed E-state index contributed by atoms with van der Waals surface area (Å²) in [6.07, 6.45) is 12.3. The van der Waals surface area contributed by atoms with Gasteiger partial charge < -0.3 is 40.2 Å². The normalized spacial score (nSPS) is 41.4. The number of hydrogen-bond acceptors (Lipinski definition) is 10. The maximum absolute atomic E-state index is 13.2. The molecule has 5 N–H and O–H groups in total. The van der Waals surface area contributed by atoms with Crippen molar-refractivity contribution in [1.29, 1.82) is 0 Å². The standard InChI is InChI=1S/C58H82N2O9/c1-8-22-58(66)35(3)28-47-43-16-12-37-29-40(61)15-17-42(37)52(43)44(33-56(47,58)5)36-10-13-39(14-11-36)60(7)25-27-67-41-21-23-55(4)38(30-41)31-49(69-54(65)68-26-24-59)53-46-19-18-45(34(2)9-20-51(63)64)57(46,6)50(62)32-48(53)55/h10-11,13-14,29,34-35,38,41,43-50,53,62,66H,9,12,15-21,23-28,30-33,59H2,1-7H3,(H,63,64)/t34-,35?,38+,41+,43?,44-,45-,46+,47?,48+,49-,50+,53+,55+,56+,57-,58+/m1/s1. The van der Waals surface area contributed by atoms with Crippen LogP contribution < -0.4 is 10.6 Å². The van der Waals surface area contributed by atoms with E-state index in [0.29, 0.717) is 37.7 Å². The summed E-state index contributed by atoms with van der Waals surface area (Å²) in [6, 6.07) is 9.05. The minimum atomic E-state index is -1.05. The number of nitrogens with two attached hydrogens (primary N) is 1. The Kier molecular flexibility index (Phi) is 14.1. The lowest BCUT2D eigenvalue weighted by molar-refractivity contribution is -0.211. The molecule has 69 heavy (non-hydrogen) atoms. The minimum Gasteiger partial charge on any atom is -0.481 e. The molecule has 8 aliphatic carbocycles. The van der Waals surface area contributed by atoms with E-state index in [1.807, 2.05) is 13.0 Å². The molecule has 0 saturated heterocycles. The number of carbonyl (C=O) groups is 3. The highest BCUT2D eigenvalue weighted by Crippen LogP contribution is 2.70. The van der Waals surface area contributed by atoms with Crippen LogP contribution in [-0.2, 0) is 23.8 Å². The van der Waals surface area contributed by atoms with Gasteiger partial charge in [0, 0.05) is 55.9 Å². The summed E-state index contributed by atoms with van der Waals surface area (Å²) in [6.45, 7) is 14.7. The van der Waals surface area contributed by atoms with Crippen molar-refractivity contribution in [2.75, 3.05) is 38.3 Å². The van der Waals surface area contributed by atoms with Gasteiger partial charge in [0.05, 0.1) is 18.8 Å². The van der Waals surface area contributed by atoms with Crippen molar-refractivity contribution in [2.45, 2.75) is 168 Å². The summed E-state index contributed by atoms with van der Waals surface area (Å²) < 4.78 is 18.5. The van der Waals surface area contributed by atoms with Gasteiger partial charge in [0.1, 0.15) is 18.3 Å². The molecule has 0 aliphatic heterocycles. The number of aliphatic hydroxyl groups is 2. The third kappa shape index (κ3) is 8.61. The van der Waals surface area contributed by atoms with Crippen LogP contribution in [0.3, 0.4) is 0 Å². The molecule has 9 rings (SSSR count). The summed E-state index contributed by atoms with van der Waals surface area (Å²) in [5, 5.41) is 34.1. The quantitative estimate of drug-likeness (QED) is 0.110.